The molecule has 1 fully saturated rings. The number of aromatic nitrogens is 4. The first-order valence-electron chi connectivity index (χ1n) is 19.6. The van der Waals surface area contributed by atoms with Crippen molar-refractivity contribution in [1.29, 1.82) is 0 Å². The van der Waals surface area contributed by atoms with Gasteiger partial charge in [0.05, 0.1) is 19.5 Å². The van der Waals surface area contributed by atoms with Gasteiger partial charge in [0.25, 0.3) is 0 Å². The van der Waals surface area contributed by atoms with Crippen LogP contribution >= 0.6 is 35.2 Å². The second kappa shape index (κ2) is 25.5. The summed E-state index contributed by atoms with van der Waals surface area (Å²) in [6.07, 6.45) is 10.3. The van der Waals surface area contributed by atoms with Crippen LogP contribution in [0.5, 0.6) is 0 Å². The number of phosphoric acid groups is 3. The molecule has 0 aliphatic carbocycles. The maximum atomic E-state index is 12.7. The van der Waals surface area contributed by atoms with E-state index >= 15 is 0 Å². The van der Waals surface area contributed by atoms with E-state index in [0.717, 1.165) is 61.1 Å². The van der Waals surface area contributed by atoms with Crippen LogP contribution in [0.2, 0.25) is 0 Å². The summed E-state index contributed by atoms with van der Waals surface area (Å²) in [5, 5.41) is 26.5. The number of imidazole rings is 1. The standard InChI is InChI=1S/C35H56N7O17P3S/c1-4-5-6-7-8-9-10-11-12-13-14-15-26(44)63-19-18-37-25(43)16-17-38-33(47)30(46)35(2,3)21-56-62(53,54)59-61(51,52)55-20-24-29(58-60(48,49)50)28(45)34(57-24)42-23-41-27-31(36)39-22-40-32(27)42/h5-6,8-9,11-12,22-24,28-30,34,45-46H,4,7,10,13-21H2,1-3H3,(H,37,43)(H,38,47)(H,51,52)(H,53,54)(H2,36,39,40)(H2,48,49,50)/b6-5-,9-8-,12-11-/t24-,28-,29-,30+,34-/m1/s1. The predicted molar refractivity (Wildman–Crippen MR) is 228 cm³/mol. The number of unbranched alkanes of at least 4 members (excludes halogenated alkanes) is 1. The number of allylic oxidation sites excluding steroid dienone is 6. The summed E-state index contributed by atoms with van der Waals surface area (Å²) < 4.78 is 62.3. The number of aliphatic hydroxyl groups excluding tert-OH is 2. The number of thioether (sulfide) groups is 1. The molecule has 1 aliphatic heterocycles. The van der Waals surface area contributed by atoms with Gasteiger partial charge < -0.3 is 50.9 Å². The Hall–Kier alpha value is -3.22. The molecule has 28 heteroatoms. The first-order chi connectivity index (χ1) is 29.6. The van der Waals surface area contributed by atoms with Gasteiger partial charge in [-0.2, -0.15) is 4.31 Å². The molecular formula is C35H56N7O17P3S. The number of aliphatic hydroxyl groups is 2. The number of nitrogens with zero attached hydrogens (tertiary/aromatic N) is 4. The number of rotatable bonds is 28. The minimum Gasteiger partial charge on any atom is -0.386 e. The highest BCUT2D eigenvalue weighted by Gasteiger charge is 2.50. The second-order valence-electron chi connectivity index (χ2n) is 14.5. The van der Waals surface area contributed by atoms with Crippen molar-refractivity contribution in [2.75, 3.05) is 37.8 Å². The minimum atomic E-state index is -5.58. The van der Waals surface area contributed by atoms with Crippen LogP contribution < -0.4 is 16.4 Å². The van der Waals surface area contributed by atoms with Gasteiger partial charge in [0.15, 0.2) is 22.8 Å². The lowest BCUT2D eigenvalue weighted by Crippen LogP contribution is -2.46. The number of ether oxygens (including phenoxy) is 1. The summed E-state index contributed by atoms with van der Waals surface area (Å²) in [6.45, 7) is 2.60. The number of amides is 2. The second-order valence-corrected chi connectivity index (χ2v) is 19.9. The van der Waals surface area contributed by atoms with E-state index in [0.29, 0.717) is 12.2 Å². The van der Waals surface area contributed by atoms with Crippen molar-refractivity contribution in [1.82, 2.24) is 30.2 Å². The van der Waals surface area contributed by atoms with Crippen LogP contribution in [0.25, 0.3) is 11.2 Å². The van der Waals surface area contributed by atoms with E-state index in [2.05, 4.69) is 71.7 Å². The molecule has 10 N–H and O–H groups in total. The quantitative estimate of drug-likeness (QED) is 0.0336. The van der Waals surface area contributed by atoms with E-state index < -0.39 is 84.6 Å². The van der Waals surface area contributed by atoms with Gasteiger partial charge >= 0.3 is 23.5 Å². The monoisotopic (exact) mass is 971 g/mol. The lowest BCUT2D eigenvalue weighted by Gasteiger charge is -2.30. The van der Waals surface area contributed by atoms with Gasteiger partial charge in [-0.1, -0.05) is 69.0 Å². The Morgan fingerprint density at radius 2 is 1.63 bits per heavy atom. The lowest BCUT2D eigenvalue weighted by atomic mass is 9.87. The molecule has 1 saturated heterocycles. The highest BCUT2D eigenvalue weighted by atomic mass is 32.2. The van der Waals surface area contributed by atoms with Crippen molar-refractivity contribution in [3.8, 4) is 0 Å². The van der Waals surface area contributed by atoms with Gasteiger partial charge in [-0.25, -0.2) is 28.6 Å². The zero-order valence-corrected chi connectivity index (χ0v) is 38.3. The summed E-state index contributed by atoms with van der Waals surface area (Å²) in [5.74, 6) is -1.08. The Bertz CT molecular complexity index is 2070. The number of carbonyl (C=O) groups excluding carboxylic acids is 3. The van der Waals surface area contributed by atoms with Crippen molar-refractivity contribution in [3.63, 3.8) is 0 Å². The fourth-order valence-corrected chi connectivity index (χ4v) is 9.11. The molecule has 2 unspecified atom stereocenters. The zero-order valence-electron chi connectivity index (χ0n) is 34.8. The summed E-state index contributed by atoms with van der Waals surface area (Å²) in [5.41, 5.74) is 4.27. The first-order valence-corrected chi connectivity index (χ1v) is 25.1. The summed E-state index contributed by atoms with van der Waals surface area (Å²) in [7, 11) is -16.4. The lowest BCUT2D eigenvalue weighted by molar-refractivity contribution is -0.137. The normalized spacial score (nSPS) is 21.0. The number of fused-ring (bicyclic) bond motifs is 1. The minimum absolute atomic E-state index is 0.0113. The number of nitrogen functional groups attached to an aromatic ring is 1. The number of hydrogen-bond acceptors (Lipinski definition) is 18. The highest BCUT2D eigenvalue weighted by molar-refractivity contribution is 8.13. The molecule has 24 nitrogen and oxygen atoms in total. The van der Waals surface area contributed by atoms with Gasteiger partial charge in [0, 0.05) is 37.1 Å². The highest BCUT2D eigenvalue weighted by Crippen LogP contribution is 2.61. The van der Waals surface area contributed by atoms with Crippen LogP contribution in [0, 0.1) is 5.41 Å². The van der Waals surface area contributed by atoms with Crippen molar-refractivity contribution < 1.29 is 80.5 Å². The maximum absolute atomic E-state index is 12.7. The van der Waals surface area contributed by atoms with E-state index in [4.69, 9.17) is 19.5 Å². The van der Waals surface area contributed by atoms with E-state index in [9.17, 15) is 57.9 Å². The fraction of sp³-hybridized carbons (Fsp3) is 0.600. The first kappa shape index (κ1) is 54.1. The van der Waals surface area contributed by atoms with Gasteiger partial charge in [0.2, 0.25) is 11.8 Å². The average Bonchev–Trinajstić information content (AvgIpc) is 3.76. The molecule has 2 amide bonds. The van der Waals surface area contributed by atoms with E-state index in [1.807, 2.05) is 6.08 Å². The van der Waals surface area contributed by atoms with Crippen LogP contribution in [0.3, 0.4) is 0 Å². The third-order valence-electron chi connectivity index (χ3n) is 8.80. The van der Waals surface area contributed by atoms with Crippen LogP contribution in [0.1, 0.15) is 71.9 Å². The molecule has 3 heterocycles. The molecule has 0 saturated carbocycles. The van der Waals surface area contributed by atoms with Crippen molar-refractivity contribution in [2.24, 2.45) is 5.41 Å². The SMILES string of the molecule is CC/C=C\C/C=C\C/C=C\CCCC(=O)SCCNC(=O)CCNC(=O)[C@H](O)C(C)(C)COP(=O)(O)OP(=O)(O)OC[C@H]1O[C@@H](n2cnc3c(N)ncnc32)[C@H](O)[C@@H]1OP(=O)(O)O. The Labute approximate surface area is 367 Å². The molecule has 1 aliphatic rings. The topological polar surface area (TPSA) is 364 Å². The molecule has 0 bridgehead atoms. The summed E-state index contributed by atoms with van der Waals surface area (Å²) >= 11 is 1.11. The van der Waals surface area contributed by atoms with Gasteiger partial charge in [0.1, 0.15) is 36.3 Å². The van der Waals surface area contributed by atoms with Gasteiger partial charge in [-0.3, -0.25) is 32.5 Å². The third-order valence-corrected chi connectivity index (χ3v) is 12.8. The van der Waals surface area contributed by atoms with Crippen LogP contribution in [0.15, 0.2) is 49.1 Å². The zero-order chi connectivity index (χ0) is 46.8. The van der Waals surface area contributed by atoms with Crippen molar-refractivity contribution in [2.45, 2.75) is 96.4 Å². The fourth-order valence-electron chi connectivity index (χ4n) is 5.56. The molecule has 0 radical (unpaired) electrons. The van der Waals surface area contributed by atoms with Crippen LogP contribution in [0.4, 0.5) is 5.82 Å². The number of carbonyl (C=O) groups is 3. The number of hydrogen-bond donors (Lipinski definition) is 9. The van der Waals surface area contributed by atoms with E-state index in [-0.39, 0.29) is 41.6 Å². The van der Waals surface area contributed by atoms with Crippen molar-refractivity contribution >= 4 is 69.1 Å². The molecule has 354 valence electrons. The molecule has 2 aromatic rings. The Balaban J connectivity index is 1.37. The summed E-state index contributed by atoms with van der Waals surface area (Å²) in [6, 6.07) is 0. The molecule has 3 rings (SSSR count). The predicted octanol–water partition coefficient (Wildman–Crippen LogP) is 2.69. The molecule has 63 heavy (non-hydrogen) atoms. The smallest absolute Gasteiger partial charge is 0.386 e. The molecule has 2 aromatic heterocycles. The summed E-state index contributed by atoms with van der Waals surface area (Å²) in [4.78, 5) is 88.1. The van der Waals surface area contributed by atoms with Crippen LogP contribution in [-0.4, -0.2) is 123 Å². The van der Waals surface area contributed by atoms with Gasteiger partial charge in [-0.15, -0.1) is 0 Å². The van der Waals surface area contributed by atoms with Crippen LogP contribution in [-0.2, 0) is 50.7 Å². The van der Waals surface area contributed by atoms with E-state index in [1.54, 1.807) is 0 Å². The Kier molecular flexibility index (Phi) is 21.9. The van der Waals surface area contributed by atoms with E-state index in [1.165, 1.54) is 13.8 Å². The number of anilines is 1. The number of nitrogens with one attached hydrogen (secondary N) is 2. The molecule has 0 aromatic carbocycles. The van der Waals surface area contributed by atoms with Gasteiger partial charge in [-0.05, 0) is 32.1 Å². The third kappa shape index (κ3) is 19.0. The number of phosphoric ester groups is 3. The molecular weight excluding hydrogens is 915 g/mol. The molecule has 0 spiro atoms. The average molecular weight is 972 g/mol. The largest absolute Gasteiger partial charge is 0.481 e. The number of nitrogens with two attached hydrogens (primary N) is 1. The molecule has 7 atom stereocenters. The van der Waals surface area contributed by atoms with Crippen molar-refractivity contribution in [3.05, 3.63) is 49.1 Å². The maximum Gasteiger partial charge on any atom is 0.481 e. The Morgan fingerprint density at radius 1 is 0.968 bits per heavy atom. The Morgan fingerprint density at radius 3 is 2.32 bits per heavy atom.